The van der Waals surface area contributed by atoms with Crippen molar-refractivity contribution in [1.82, 2.24) is 9.80 Å². The number of anilines is 1. The molecule has 2 aliphatic heterocycles. The fourth-order valence-electron chi connectivity index (χ4n) is 4.90. The van der Waals surface area contributed by atoms with Crippen LogP contribution in [0.5, 0.6) is 0 Å². The number of piperidine rings is 1. The Balaban J connectivity index is 1.58. The molecule has 3 rings (SSSR count). The lowest BCUT2D eigenvalue weighted by Crippen LogP contribution is -2.57. The maximum absolute atomic E-state index is 11.9. The van der Waals surface area contributed by atoms with Gasteiger partial charge in [0.15, 0.2) is 0 Å². The molecule has 2 heterocycles. The van der Waals surface area contributed by atoms with E-state index in [9.17, 15) is 4.79 Å². The number of carbonyl (C=O) groups excluding carboxylic acids is 1. The predicted octanol–water partition coefficient (Wildman–Crippen LogP) is 1.06. The van der Waals surface area contributed by atoms with Crippen LogP contribution in [0.15, 0.2) is 24.3 Å². The highest BCUT2D eigenvalue weighted by Gasteiger charge is 2.35. The lowest BCUT2D eigenvalue weighted by atomic mass is 9.86. The second-order valence-electron chi connectivity index (χ2n) is 8.70. The van der Waals surface area contributed by atoms with Gasteiger partial charge in [-0.3, -0.25) is 25.4 Å². The van der Waals surface area contributed by atoms with E-state index in [2.05, 4.69) is 14.7 Å². The fourth-order valence-corrected chi connectivity index (χ4v) is 4.90. The van der Waals surface area contributed by atoms with E-state index in [4.69, 9.17) is 27.0 Å². The number of nitrogen functional groups attached to an aromatic ring is 1. The number of nitrogens with zero attached hydrogens (tertiary/aromatic N) is 3. The highest BCUT2D eigenvalue weighted by atomic mass is 16.5. The number of ether oxygens (including phenoxy) is 1. The molecular formula is C23H37N7O2. The van der Waals surface area contributed by atoms with Gasteiger partial charge < -0.3 is 21.1 Å². The van der Waals surface area contributed by atoms with Gasteiger partial charge in [0.2, 0.25) is 0 Å². The third-order valence-corrected chi connectivity index (χ3v) is 6.55. The smallest absolute Gasteiger partial charge is 0.320 e. The molecule has 0 aromatic heterocycles. The highest BCUT2D eigenvalue weighted by Crippen LogP contribution is 2.28. The van der Waals surface area contributed by atoms with Crippen LogP contribution in [0, 0.1) is 16.7 Å². The van der Waals surface area contributed by atoms with Crippen molar-refractivity contribution in [3.8, 4) is 0 Å². The largest absolute Gasteiger partial charge is 0.465 e. The number of benzene rings is 1. The van der Waals surface area contributed by atoms with Crippen molar-refractivity contribution >= 4 is 23.3 Å². The molecule has 2 aliphatic rings. The Bertz CT molecular complexity index is 790. The van der Waals surface area contributed by atoms with Gasteiger partial charge in [0, 0.05) is 63.0 Å². The van der Waals surface area contributed by atoms with Gasteiger partial charge in [0.1, 0.15) is 5.84 Å². The van der Waals surface area contributed by atoms with Crippen LogP contribution in [-0.2, 0) is 9.53 Å². The standard InChI is InChI=1S/C23H37N7O2/c1-2-32-22(31)16-28-10-9-20(18(15-28)5-8-21(24)25)30-13-11-29(12-14-30)19-6-3-17(4-7-19)23(26)27/h3-4,6-7,18,20H,2,5,8-16H2,1H3,(H3,24,25)(H3,26,27). The van der Waals surface area contributed by atoms with Crippen LogP contribution in [0.2, 0.25) is 0 Å². The number of rotatable bonds is 9. The van der Waals surface area contributed by atoms with E-state index in [1.54, 1.807) is 0 Å². The molecule has 2 atom stereocenters. The molecule has 2 saturated heterocycles. The van der Waals surface area contributed by atoms with E-state index < -0.39 is 0 Å². The lowest BCUT2D eigenvalue weighted by Gasteiger charge is -2.47. The first-order valence-corrected chi connectivity index (χ1v) is 11.5. The SMILES string of the molecule is CCOC(=O)CN1CCC(N2CCN(c3ccc(C(=N)N)cc3)CC2)C(CCC(=N)N)C1. The number of likely N-dealkylation sites (tertiary alicyclic amines) is 1. The first-order chi connectivity index (χ1) is 15.4. The molecule has 0 saturated carbocycles. The van der Waals surface area contributed by atoms with E-state index in [0.29, 0.717) is 31.5 Å². The Morgan fingerprint density at radius 1 is 1.09 bits per heavy atom. The molecule has 32 heavy (non-hydrogen) atoms. The minimum absolute atomic E-state index is 0.0901. The summed E-state index contributed by atoms with van der Waals surface area (Å²) >= 11 is 0. The summed E-state index contributed by atoms with van der Waals surface area (Å²) in [6.45, 7) is 8.14. The molecule has 0 bridgehead atoms. The van der Waals surface area contributed by atoms with Crippen LogP contribution in [0.1, 0.15) is 31.7 Å². The Morgan fingerprint density at radius 2 is 1.78 bits per heavy atom. The molecule has 1 aromatic carbocycles. The number of carbonyl (C=O) groups is 1. The van der Waals surface area contributed by atoms with Crippen LogP contribution in [0.4, 0.5) is 5.69 Å². The number of nitrogens with one attached hydrogen (secondary N) is 2. The first kappa shape index (κ1) is 24.0. The van der Waals surface area contributed by atoms with Crippen molar-refractivity contribution in [2.75, 3.05) is 57.3 Å². The van der Waals surface area contributed by atoms with Gasteiger partial charge in [-0.2, -0.15) is 0 Å². The number of hydrogen-bond acceptors (Lipinski definition) is 7. The average Bonchev–Trinajstić information content (AvgIpc) is 2.78. The van der Waals surface area contributed by atoms with Gasteiger partial charge in [-0.05, 0) is 49.9 Å². The summed E-state index contributed by atoms with van der Waals surface area (Å²) in [4.78, 5) is 19.1. The van der Waals surface area contributed by atoms with Gasteiger partial charge in [-0.1, -0.05) is 0 Å². The molecule has 0 aliphatic carbocycles. The summed E-state index contributed by atoms with van der Waals surface area (Å²) in [5, 5.41) is 15.2. The Kier molecular flexibility index (Phi) is 8.46. The fraction of sp³-hybridized carbons (Fsp3) is 0.609. The summed E-state index contributed by atoms with van der Waals surface area (Å²) in [5.41, 5.74) is 13.1. The van der Waals surface area contributed by atoms with Crippen LogP contribution in [0.3, 0.4) is 0 Å². The van der Waals surface area contributed by atoms with E-state index in [0.717, 1.165) is 63.4 Å². The third kappa shape index (κ3) is 6.43. The van der Waals surface area contributed by atoms with E-state index in [1.807, 2.05) is 31.2 Å². The molecule has 6 N–H and O–H groups in total. The normalized spacial score (nSPS) is 22.5. The number of amidine groups is 2. The second kappa shape index (κ2) is 11.3. The number of hydrogen-bond donors (Lipinski definition) is 4. The maximum atomic E-state index is 11.9. The Morgan fingerprint density at radius 3 is 2.38 bits per heavy atom. The predicted molar refractivity (Wildman–Crippen MR) is 127 cm³/mol. The maximum Gasteiger partial charge on any atom is 0.320 e. The zero-order chi connectivity index (χ0) is 23.1. The van der Waals surface area contributed by atoms with Crippen LogP contribution < -0.4 is 16.4 Å². The lowest BCUT2D eigenvalue weighted by molar-refractivity contribution is -0.145. The van der Waals surface area contributed by atoms with Crippen molar-refractivity contribution in [2.45, 2.75) is 32.2 Å². The van der Waals surface area contributed by atoms with Crippen LogP contribution >= 0.6 is 0 Å². The summed E-state index contributed by atoms with van der Waals surface area (Å²) in [7, 11) is 0. The van der Waals surface area contributed by atoms with Crippen molar-refractivity contribution in [2.24, 2.45) is 17.4 Å². The molecule has 0 radical (unpaired) electrons. The van der Waals surface area contributed by atoms with Crippen molar-refractivity contribution in [3.05, 3.63) is 29.8 Å². The van der Waals surface area contributed by atoms with Gasteiger partial charge >= 0.3 is 5.97 Å². The van der Waals surface area contributed by atoms with Gasteiger partial charge in [-0.25, -0.2) is 0 Å². The summed E-state index contributed by atoms with van der Waals surface area (Å²) in [6, 6.07) is 8.32. The van der Waals surface area contributed by atoms with Crippen molar-refractivity contribution in [3.63, 3.8) is 0 Å². The molecule has 9 nitrogen and oxygen atoms in total. The van der Waals surface area contributed by atoms with Gasteiger partial charge in [-0.15, -0.1) is 0 Å². The van der Waals surface area contributed by atoms with Crippen molar-refractivity contribution in [1.29, 1.82) is 10.8 Å². The first-order valence-electron chi connectivity index (χ1n) is 11.5. The molecule has 2 unspecified atom stereocenters. The molecule has 2 fully saturated rings. The van der Waals surface area contributed by atoms with Gasteiger partial charge in [0.05, 0.1) is 19.0 Å². The van der Waals surface area contributed by atoms with Crippen LogP contribution in [-0.4, -0.2) is 85.9 Å². The highest BCUT2D eigenvalue weighted by molar-refractivity contribution is 5.95. The molecule has 0 amide bonds. The van der Waals surface area contributed by atoms with E-state index in [-0.39, 0.29) is 17.6 Å². The quantitative estimate of drug-likeness (QED) is 0.254. The zero-order valence-corrected chi connectivity index (χ0v) is 19.1. The molecule has 0 spiro atoms. The number of esters is 1. The van der Waals surface area contributed by atoms with Gasteiger partial charge in [0.25, 0.3) is 0 Å². The summed E-state index contributed by atoms with van der Waals surface area (Å²) in [5.74, 6) is 0.529. The van der Waals surface area contributed by atoms with Crippen LogP contribution in [0.25, 0.3) is 0 Å². The minimum atomic E-state index is -0.166. The zero-order valence-electron chi connectivity index (χ0n) is 19.1. The molecular weight excluding hydrogens is 406 g/mol. The van der Waals surface area contributed by atoms with E-state index in [1.165, 1.54) is 0 Å². The average molecular weight is 444 g/mol. The molecule has 1 aromatic rings. The Hall–Kier alpha value is -2.65. The summed E-state index contributed by atoms with van der Waals surface area (Å²) < 4.78 is 5.13. The number of nitrogens with two attached hydrogens (primary N) is 2. The third-order valence-electron chi connectivity index (χ3n) is 6.55. The molecule has 9 heteroatoms. The van der Waals surface area contributed by atoms with E-state index >= 15 is 0 Å². The topological polar surface area (TPSA) is 136 Å². The number of piperazine rings is 1. The Labute approximate surface area is 190 Å². The summed E-state index contributed by atoms with van der Waals surface area (Å²) in [6.07, 6.45) is 2.47. The minimum Gasteiger partial charge on any atom is -0.465 e. The van der Waals surface area contributed by atoms with Crippen molar-refractivity contribution < 1.29 is 9.53 Å². The second-order valence-corrected chi connectivity index (χ2v) is 8.70. The molecule has 176 valence electrons. The monoisotopic (exact) mass is 443 g/mol.